The Morgan fingerprint density at radius 3 is 2.54 bits per heavy atom. The first-order chi connectivity index (χ1) is 11.5. The Hall–Kier alpha value is -2.59. The second-order valence-corrected chi connectivity index (χ2v) is 6.21. The van der Waals surface area contributed by atoms with Gasteiger partial charge in [0.25, 0.3) is 5.91 Å². The van der Waals surface area contributed by atoms with Gasteiger partial charge < -0.3 is 9.88 Å². The standard InChI is InChI=1S/C19H17ClN2O2/c1-12(14-5-3-13(11-23)4-6-14)21-19(24)18-9-15-7-8-16(20)10-17(15)22(18)2/h3-12H,1-2H3,(H,21,24)/t12-/m1/s1. The van der Waals surface area contributed by atoms with E-state index in [0.717, 1.165) is 22.8 Å². The van der Waals surface area contributed by atoms with Crippen molar-refractivity contribution in [1.82, 2.24) is 9.88 Å². The number of rotatable bonds is 4. The SMILES string of the molecule is C[C@@H](NC(=O)c1cc2ccc(Cl)cc2n1C)c1ccc(C=O)cc1. The molecule has 1 aromatic heterocycles. The second kappa shape index (κ2) is 6.49. The van der Waals surface area contributed by atoms with Crippen LogP contribution in [0.15, 0.2) is 48.5 Å². The number of amides is 1. The minimum atomic E-state index is -0.167. The first-order valence-corrected chi connectivity index (χ1v) is 7.98. The normalized spacial score (nSPS) is 12.1. The van der Waals surface area contributed by atoms with Gasteiger partial charge in [0.1, 0.15) is 12.0 Å². The van der Waals surface area contributed by atoms with E-state index in [1.54, 1.807) is 12.1 Å². The van der Waals surface area contributed by atoms with Crippen molar-refractivity contribution in [2.75, 3.05) is 0 Å². The van der Waals surface area contributed by atoms with Crippen LogP contribution in [0, 0.1) is 0 Å². The number of aldehydes is 1. The number of carbonyl (C=O) groups excluding carboxylic acids is 2. The highest BCUT2D eigenvalue weighted by Gasteiger charge is 2.16. The van der Waals surface area contributed by atoms with E-state index < -0.39 is 0 Å². The van der Waals surface area contributed by atoms with E-state index in [9.17, 15) is 9.59 Å². The highest BCUT2D eigenvalue weighted by atomic mass is 35.5. The number of benzene rings is 2. The predicted octanol–water partition coefficient (Wildman–Crippen LogP) is 4.14. The summed E-state index contributed by atoms with van der Waals surface area (Å²) in [5, 5.41) is 4.59. The molecule has 0 saturated heterocycles. The quantitative estimate of drug-likeness (QED) is 0.726. The summed E-state index contributed by atoms with van der Waals surface area (Å²) in [6.07, 6.45) is 0.799. The van der Waals surface area contributed by atoms with Gasteiger partial charge in [0, 0.05) is 28.5 Å². The van der Waals surface area contributed by atoms with E-state index in [4.69, 9.17) is 11.6 Å². The largest absolute Gasteiger partial charge is 0.344 e. The molecule has 5 heteroatoms. The van der Waals surface area contributed by atoms with Crippen molar-refractivity contribution in [3.05, 3.63) is 70.4 Å². The van der Waals surface area contributed by atoms with Gasteiger partial charge in [-0.3, -0.25) is 9.59 Å². The molecule has 1 heterocycles. The Labute approximate surface area is 145 Å². The molecule has 0 fully saturated rings. The molecule has 0 aliphatic heterocycles. The summed E-state index contributed by atoms with van der Waals surface area (Å²) in [5.74, 6) is -0.156. The average Bonchev–Trinajstić information content (AvgIpc) is 2.91. The summed E-state index contributed by atoms with van der Waals surface area (Å²) in [6, 6.07) is 14.4. The Balaban J connectivity index is 1.83. The number of fused-ring (bicyclic) bond motifs is 1. The number of halogens is 1. The van der Waals surface area contributed by atoms with E-state index in [-0.39, 0.29) is 11.9 Å². The zero-order chi connectivity index (χ0) is 17.3. The molecular formula is C19H17ClN2O2. The van der Waals surface area contributed by atoms with E-state index >= 15 is 0 Å². The van der Waals surface area contributed by atoms with Crippen LogP contribution in [-0.2, 0) is 7.05 Å². The number of carbonyl (C=O) groups is 2. The predicted molar refractivity (Wildman–Crippen MR) is 95.6 cm³/mol. The first kappa shape index (κ1) is 16.3. The van der Waals surface area contributed by atoms with E-state index in [2.05, 4.69) is 5.32 Å². The van der Waals surface area contributed by atoms with Crippen LogP contribution in [0.2, 0.25) is 5.02 Å². The molecule has 0 unspecified atom stereocenters. The minimum absolute atomic E-state index is 0.156. The molecule has 3 rings (SSSR count). The summed E-state index contributed by atoms with van der Waals surface area (Å²) >= 11 is 6.03. The topological polar surface area (TPSA) is 51.1 Å². The van der Waals surface area contributed by atoms with Crippen LogP contribution < -0.4 is 5.32 Å². The van der Waals surface area contributed by atoms with Gasteiger partial charge in [-0.15, -0.1) is 0 Å². The molecule has 0 bridgehead atoms. The van der Waals surface area contributed by atoms with Crippen molar-refractivity contribution in [1.29, 1.82) is 0 Å². The Bertz CT molecular complexity index is 913. The summed E-state index contributed by atoms with van der Waals surface area (Å²) in [6.45, 7) is 1.91. The third-order valence-corrected chi connectivity index (χ3v) is 4.40. The molecule has 4 nitrogen and oxygen atoms in total. The Morgan fingerprint density at radius 2 is 1.88 bits per heavy atom. The van der Waals surface area contributed by atoms with Crippen molar-refractivity contribution < 1.29 is 9.59 Å². The highest BCUT2D eigenvalue weighted by Crippen LogP contribution is 2.23. The number of hydrogen-bond acceptors (Lipinski definition) is 2. The van der Waals surface area contributed by atoms with Crippen LogP contribution in [0.1, 0.15) is 39.4 Å². The van der Waals surface area contributed by atoms with Crippen molar-refractivity contribution >= 4 is 34.7 Å². The van der Waals surface area contributed by atoms with Gasteiger partial charge in [0.05, 0.1) is 6.04 Å². The van der Waals surface area contributed by atoms with E-state index in [1.807, 2.05) is 54.9 Å². The molecular weight excluding hydrogens is 324 g/mol. The van der Waals surface area contributed by atoms with Crippen LogP contribution in [-0.4, -0.2) is 16.8 Å². The molecule has 0 saturated carbocycles. The van der Waals surface area contributed by atoms with Crippen molar-refractivity contribution in [3.8, 4) is 0 Å². The van der Waals surface area contributed by atoms with Gasteiger partial charge in [-0.25, -0.2) is 0 Å². The molecule has 2 aromatic carbocycles. The lowest BCUT2D eigenvalue weighted by Gasteiger charge is -2.15. The van der Waals surface area contributed by atoms with Crippen LogP contribution >= 0.6 is 11.6 Å². The molecule has 1 N–H and O–H groups in total. The molecule has 0 spiro atoms. The number of aryl methyl sites for hydroxylation is 1. The van der Waals surface area contributed by atoms with Crippen molar-refractivity contribution in [3.63, 3.8) is 0 Å². The van der Waals surface area contributed by atoms with Gasteiger partial charge in [0.15, 0.2) is 0 Å². The van der Waals surface area contributed by atoms with Crippen LogP contribution in [0.5, 0.6) is 0 Å². The molecule has 1 amide bonds. The lowest BCUT2D eigenvalue weighted by atomic mass is 10.1. The molecule has 3 aromatic rings. The molecule has 122 valence electrons. The summed E-state index contributed by atoms with van der Waals surface area (Å²) in [4.78, 5) is 23.3. The minimum Gasteiger partial charge on any atom is -0.344 e. The third kappa shape index (κ3) is 3.05. The average molecular weight is 341 g/mol. The number of hydrogen-bond donors (Lipinski definition) is 1. The van der Waals surface area contributed by atoms with Crippen molar-refractivity contribution in [2.24, 2.45) is 7.05 Å². The van der Waals surface area contributed by atoms with E-state index in [0.29, 0.717) is 16.3 Å². The van der Waals surface area contributed by atoms with Gasteiger partial charge >= 0.3 is 0 Å². The number of nitrogens with one attached hydrogen (secondary N) is 1. The fourth-order valence-corrected chi connectivity index (χ4v) is 2.90. The summed E-state index contributed by atoms with van der Waals surface area (Å²) in [7, 11) is 1.84. The first-order valence-electron chi connectivity index (χ1n) is 7.60. The smallest absolute Gasteiger partial charge is 0.268 e. The van der Waals surface area contributed by atoms with Gasteiger partial charge in [-0.1, -0.05) is 41.9 Å². The third-order valence-electron chi connectivity index (χ3n) is 4.16. The van der Waals surface area contributed by atoms with Crippen LogP contribution in [0.3, 0.4) is 0 Å². The summed E-state index contributed by atoms with van der Waals surface area (Å²) < 4.78 is 1.83. The van der Waals surface area contributed by atoms with Gasteiger partial charge in [0.2, 0.25) is 0 Å². The maximum atomic E-state index is 12.6. The van der Waals surface area contributed by atoms with Crippen LogP contribution in [0.4, 0.5) is 0 Å². The second-order valence-electron chi connectivity index (χ2n) is 5.77. The molecule has 24 heavy (non-hydrogen) atoms. The Morgan fingerprint density at radius 1 is 1.17 bits per heavy atom. The monoisotopic (exact) mass is 340 g/mol. The van der Waals surface area contributed by atoms with Crippen LogP contribution in [0.25, 0.3) is 10.9 Å². The molecule has 1 atom stereocenters. The number of nitrogens with zero attached hydrogens (tertiary/aromatic N) is 1. The van der Waals surface area contributed by atoms with Gasteiger partial charge in [-0.05, 0) is 30.7 Å². The number of aromatic nitrogens is 1. The molecule has 0 aliphatic rings. The molecule has 0 aliphatic carbocycles. The lowest BCUT2D eigenvalue weighted by Crippen LogP contribution is -2.28. The maximum Gasteiger partial charge on any atom is 0.268 e. The zero-order valence-electron chi connectivity index (χ0n) is 13.4. The summed E-state index contributed by atoms with van der Waals surface area (Å²) in [5.41, 5.74) is 3.04. The maximum absolute atomic E-state index is 12.6. The zero-order valence-corrected chi connectivity index (χ0v) is 14.2. The Kier molecular flexibility index (Phi) is 4.40. The van der Waals surface area contributed by atoms with Crippen molar-refractivity contribution in [2.45, 2.75) is 13.0 Å². The lowest BCUT2D eigenvalue weighted by molar-refractivity contribution is 0.0931. The fraction of sp³-hybridized carbons (Fsp3) is 0.158. The van der Waals surface area contributed by atoms with E-state index in [1.165, 1.54) is 0 Å². The van der Waals surface area contributed by atoms with Gasteiger partial charge in [-0.2, -0.15) is 0 Å². The molecule has 0 radical (unpaired) electrons. The fourth-order valence-electron chi connectivity index (χ4n) is 2.74. The highest BCUT2D eigenvalue weighted by molar-refractivity contribution is 6.31.